The van der Waals surface area contributed by atoms with Crippen LogP contribution in [-0.4, -0.2) is 23.8 Å². The van der Waals surface area contributed by atoms with E-state index in [9.17, 15) is 9.59 Å². The standard InChI is InChI=1S/C37H37NO2/c1-5-21-37(22-6-2)32-18-11-10-16-30(32)31-20-19-28(23-33(31)37)36(40)35(38-24-26(4)39)34-25(3)13-12-17-29(34)27-14-8-7-9-15-27/h7-20,23H,5-6,21-22,24H2,1-4H3. The second kappa shape index (κ2) is 11.6. The Labute approximate surface area is 238 Å². The second-order valence-corrected chi connectivity index (χ2v) is 10.9. The number of aliphatic imine (C=N–C) groups is 1. The minimum absolute atomic E-state index is 0.0321. The lowest BCUT2D eigenvalue weighted by Gasteiger charge is -2.32. The van der Waals surface area contributed by atoms with Crippen LogP contribution >= 0.6 is 0 Å². The zero-order valence-corrected chi connectivity index (χ0v) is 24.0. The summed E-state index contributed by atoms with van der Waals surface area (Å²) in [7, 11) is 0. The Bertz CT molecular complexity index is 1590. The van der Waals surface area contributed by atoms with Crippen molar-refractivity contribution in [2.24, 2.45) is 4.99 Å². The first-order chi connectivity index (χ1) is 19.4. The van der Waals surface area contributed by atoms with Crippen LogP contribution in [0.3, 0.4) is 0 Å². The van der Waals surface area contributed by atoms with Gasteiger partial charge in [0.2, 0.25) is 5.78 Å². The van der Waals surface area contributed by atoms with Crippen molar-refractivity contribution in [1.82, 2.24) is 0 Å². The van der Waals surface area contributed by atoms with Gasteiger partial charge in [-0.05, 0) is 71.7 Å². The van der Waals surface area contributed by atoms with Crippen LogP contribution in [0.15, 0.2) is 96.0 Å². The number of benzene rings is 4. The van der Waals surface area contributed by atoms with Crippen LogP contribution in [0.2, 0.25) is 0 Å². The monoisotopic (exact) mass is 527 g/mol. The first-order valence-corrected chi connectivity index (χ1v) is 14.4. The van der Waals surface area contributed by atoms with Gasteiger partial charge in [-0.2, -0.15) is 0 Å². The molecule has 1 aliphatic rings. The van der Waals surface area contributed by atoms with Crippen molar-refractivity contribution < 1.29 is 9.59 Å². The lowest BCUT2D eigenvalue weighted by atomic mass is 9.71. The molecule has 0 saturated heterocycles. The van der Waals surface area contributed by atoms with E-state index in [0.717, 1.165) is 47.9 Å². The van der Waals surface area contributed by atoms with Crippen molar-refractivity contribution in [1.29, 1.82) is 0 Å². The summed E-state index contributed by atoms with van der Waals surface area (Å²) in [6.07, 6.45) is 4.18. The lowest BCUT2D eigenvalue weighted by molar-refractivity contribution is -0.115. The number of carbonyl (C=O) groups is 2. The summed E-state index contributed by atoms with van der Waals surface area (Å²) in [5.74, 6) is -0.220. The van der Waals surface area contributed by atoms with Crippen LogP contribution < -0.4 is 0 Å². The molecule has 0 bridgehead atoms. The molecule has 3 heteroatoms. The van der Waals surface area contributed by atoms with Gasteiger partial charge in [-0.1, -0.05) is 112 Å². The number of carbonyl (C=O) groups excluding carboxylic acids is 2. The Balaban J connectivity index is 1.69. The third-order valence-electron chi connectivity index (χ3n) is 8.15. The van der Waals surface area contributed by atoms with Gasteiger partial charge < -0.3 is 0 Å². The Kier molecular flexibility index (Phi) is 7.93. The molecule has 1 aliphatic carbocycles. The predicted molar refractivity (Wildman–Crippen MR) is 166 cm³/mol. The maximum atomic E-state index is 14.5. The normalized spacial score (nSPS) is 13.6. The molecule has 0 heterocycles. The third kappa shape index (κ3) is 4.86. The maximum Gasteiger partial charge on any atom is 0.211 e. The molecule has 0 N–H and O–H groups in total. The van der Waals surface area contributed by atoms with Gasteiger partial charge in [-0.15, -0.1) is 0 Å². The summed E-state index contributed by atoms with van der Waals surface area (Å²) in [6, 6.07) is 31.0. The highest BCUT2D eigenvalue weighted by molar-refractivity contribution is 6.52. The van der Waals surface area contributed by atoms with Crippen LogP contribution in [0.1, 0.15) is 79.1 Å². The van der Waals surface area contributed by atoms with Crippen molar-refractivity contribution in [2.45, 2.75) is 58.8 Å². The molecular formula is C37H37NO2. The van der Waals surface area contributed by atoms with Gasteiger partial charge in [-0.3, -0.25) is 14.6 Å². The first kappa shape index (κ1) is 27.5. The van der Waals surface area contributed by atoms with Crippen LogP contribution in [0.4, 0.5) is 0 Å². The average molecular weight is 528 g/mol. The highest BCUT2D eigenvalue weighted by Gasteiger charge is 2.42. The molecule has 0 saturated carbocycles. The molecule has 0 aliphatic heterocycles. The van der Waals surface area contributed by atoms with Crippen molar-refractivity contribution in [2.75, 3.05) is 6.54 Å². The summed E-state index contributed by atoms with van der Waals surface area (Å²) < 4.78 is 0. The van der Waals surface area contributed by atoms with E-state index >= 15 is 0 Å². The Morgan fingerprint density at radius 1 is 0.725 bits per heavy atom. The van der Waals surface area contributed by atoms with Crippen molar-refractivity contribution in [3.8, 4) is 22.3 Å². The fourth-order valence-electron chi connectivity index (χ4n) is 6.55. The Morgan fingerprint density at radius 2 is 1.38 bits per heavy atom. The predicted octanol–water partition coefficient (Wildman–Crippen LogP) is 8.79. The van der Waals surface area contributed by atoms with Crippen molar-refractivity contribution >= 4 is 17.3 Å². The van der Waals surface area contributed by atoms with Gasteiger partial charge in [0.15, 0.2) is 5.78 Å². The average Bonchev–Trinajstić information content (AvgIpc) is 3.23. The molecule has 4 aromatic carbocycles. The number of hydrogen-bond acceptors (Lipinski definition) is 3. The Hall–Kier alpha value is -4.11. The summed E-state index contributed by atoms with van der Waals surface area (Å²) in [6.45, 7) is 7.96. The van der Waals surface area contributed by atoms with E-state index in [1.165, 1.54) is 29.2 Å². The molecule has 4 aromatic rings. The number of Topliss-reactive ketones (excluding diaryl/α,β-unsaturated/α-hetero) is 2. The topological polar surface area (TPSA) is 46.5 Å². The van der Waals surface area contributed by atoms with Crippen LogP contribution in [0.5, 0.6) is 0 Å². The number of fused-ring (bicyclic) bond motifs is 3. The van der Waals surface area contributed by atoms with Gasteiger partial charge in [0, 0.05) is 16.5 Å². The van der Waals surface area contributed by atoms with E-state index in [1.807, 2.05) is 61.5 Å². The van der Waals surface area contributed by atoms with Gasteiger partial charge in [0.25, 0.3) is 0 Å². The minimum atomic E-state index is -0.145. The minimum Gasteiger partial charge on any atom is -0.298 e. The molecule has 0 amide bonds. The van der Waals surface area contributed by atoms with Gasteiger partial charge in [0.05, 0.1) is 6.54 Å². The number of aryl methyl sites for hydroxylation is 1. The fourth-order valence-corrected chi connectivity index (χ4v) is 6.55. The van der Waals surface area contributed by atoms with Crippen LogP contribution in [0, 0.1) is 6.92 Å². The highest BCUT2D eigenvalue weighted by atomic mass is 16.1. The molecule has 0 spiro atoms. The van der Waals surface area contributed by atoms with Crippen molar-refractivity contribution in [3.05, 3.63) is 119 Å². The van der Waals surface area contributed by atoms with Crippen LogP contribution in [-0.2, 0) is 10.2 Å². The molecule has 5 rings (SSSR count). The van der Waals surface area contributed by atoms with Gasteiger partial charge in [0.1, 0.15) is 5.71 Å². The Morgan fingerprint density at radius 3 is 2.08 bits per heavy atom. The number of ketones is 2. The number of nitrogens with zero attached hydrogens (tertiary/aromatic N) is 1. The molecule has 0 radical (unpaired) electrons. The fraction of sp³-hybridized carbons (Fsp3) is 0.270. The summed E-state index contributed by atoms with van der Waals surface area (Å²) in [5.41, 5.74) is 9.65. The number of hydrogen-bond donors (Lipinski definition) is 0. The molecule has 0 fully saturated rings. The van der Waals surface area contributed by atoms with E-state index < -0.39 is 0 Å². The first-order valence-electron chi connectivity index (χ1n) is 14.4. The largest absolute Gasteiger partial charge is 0.298 e. The molecule has 202 valence electrons. The molecule has 0 aromatic heterocycles. The second-order valence-electron chi connectivity index (χ2n) is 10.9. The SMILES string of the molecule is CCCC1(CCC)c2ccccc2-c2ccc(C(=O)C(=NCC(C)=O)c3c(C)cccc3-c3ccccc3)cc21. The van der Waals surface area contributed by atoms with E-state index in [-0.39, 0.29) is 23.5 Å². The number of rotatable bonds is 10. The maximum absolute atomic E-state index is 14.5. The quantitative estimate of drug-likeness (QED) is 0.153. The smallest absolute Gasteiger partial charge is 0.211 e. The molecule has 3 nitrogen and oxygen atoms in total. The highest BCUT2D eigenvalue weighted by Crippen LogP contribution is 2.53. The van der Waals surface area contributed by atoms with Crippen molar-refractivity contribution in [3.63, 3.8) is 0 Å². The van der Waals surface area contributed by atoms with E-state index in [1.54, 1.807) is 0 Å². The zero-order valence-electron chi connectivity index (χ0n) is 24.0. The third-order valence-corrected chi connectivity index (χ3v) is 8.15. The molecule has 0 unspecified atom stereocenters. The summed E-state index contributed by atoms with van der Waals surface area (Å²) in [5, 5.41) is 0. The molecule has 0 atom stereocenters. The summed E-state index contributed by atoms with van der Waals surface area (Å²) in [4.78, 5) is 31.2. The summed E-state index contributed by atoms with van der Waals surface area (Å²) >= 11 is 0. The lowest BCUT2D eigenvalue weighted by Crippen LogP contribution is -2.26. The van der Waals surface area contributed by atoms with Gasteiger partial charge in [-0.25, -0.2) is 0 Å². The van der Waals surface area contributed by atoms with E-state index in [0.29, 0.717) is 11.3 Å². The van der Waals surface area contributed by atoms with E-state index in [2.05, 4.69) is 55.2 Å². The molecular weight excluding hydrogens is 490 g/mol. The van der Waals surface area contributed by atoms with E-state index in [4.69, 9.17) is 0 Å². The van der Waals surface area contributed by atoms with Gasteiger partial charge >= 0.3 is 0 Å². The molecule has 40 heavy (non-hydrogen) atoms. The zero-order chi connectivity index (χ0) is 28.3. The van der Waals surface area contributed by atoms with Crippen LogP contribution in [0.25, 0.3) is 22.3 Å².